The molecule has 0 aromatic carbocycles. The summed E-state index contributed by atoms with van der Waals surface area (Å²) >= 11 is 0. The van der Waals surface area contributed by atoms with Crippen molar-refractivity contribution in [2.75, 3.05) is 0 Å². The van der Waals surface area contributed by atoms with Gasteiger partial charge >= 0.3 is 0 Å². The summed E-state index contributed by atoms with van der Waals surface area (Å²) in [4.78, 5) is 0. The minimum atomic E-state index is 0.255. The fourth-order valence-corrected chi connectivity index (χ4v) is 5.86. The molecule has 0 aromatic heterocycles. The molecule has 0 atom stereocenters. The lowest BCUT2D eigenvalue weighted by atomic mass is 9.72. The topological polar surface area (TPSA) is 20.2 Å². The molecule has 41 heavy (non-hydrogen) atoms. The van der Waals surface area contributed by atoms with Crippen LogP contribution in [0.15, 0.2) is 130 Å². The predicted molar refractivity (Wildman–Crippen MR) is 183 cm³/mol. The summed E-state index contributed by atoms with van der Waals surface area (Å²) in [6, 6.07) is 0. The van der Waals surface area contributed by atoms with Gasteiger partial charge in [-0.3, -0.25) is 0 Å². The van der Waals surface area contributed by atoms with Crippen LogP contribution in [0.25, 0.3) is 0 Å². The molecule has 0 spiro atoms. The Bertz CT molecular complexity index is 1250. The van der Waals surface area contributed by atoms with Crippen molar-refractivity contribution in [3.05, 3.63) is 130 Å². The highest BCUT2D eigenvalue weighted by Crippen LogP contribution is 2.41. The third-order valence-electron chi connectivity index (χ3n) is 8.58. The quantitative estimate of drug-likeness (QED) is 0.200. The Hall–Kier alpha value is -3.06. The van der Waals surface area contributed by atoms with E-state index in [1.807, 2.05) is 43.4 Å². The number of aliphatic hydroxyl groups excluding tert-OH is 1. The highest BCUT2D eigenvalue weighted by atomic mass is 16.3. The van der Waals surface area contributed by atoms with E-state index in [1.54, 1.807) is 0 Å². The summed E-state index contributed by atoms with van der Waals surface area (Å²) in [7, 11) is 0. The summed E-state index contributed by atoms with van der Waals surface area (Å²) in [5.74, 6) is 0.372. The molecule has 0 heterocycles. The van der Waals surface area contributed by atoms with Crippen LogP contribution in [0, 0.1) is 10.8 Å². The Morgan fingerprint density at radius 2 is 1.20 bits per heavy atom. The number of rotatable bonds is 11. The lowest BCUT2D eigenvalue weighted by Gasteiger charge is -2.33. The normalized spacial score (nSPS) is 21.4. The first kappa shape index (κ1) is 34.1. The monoisotopic (exact) mass is 552 g/mol. The second-order valence-corrected chi connectivity index (χ2v) is 13.4. The smallest absolute Gasteiger partial charge is 0.0989 e. The van der Waals surface area contributed by atoms with Gasteiger partial charge in [-0.15, -0.1) is 0 Å². The summed E-state index contributed by atoms with van der Waals surface area (Å²) in [6.45, 7) is 24.3. The maximum absolute atomic E-state index is 10.5. The molecule has 0 fully saturated rings. The van der Waals surface area contributed by atoms with E-state index in [4.69, 9.17) is 0 Å². The van der Waals surface area contributed by atoms with Gasteiger partial charge in [0.15, 0.2) is 0 Å². The largest absolute Gasteiger partial charge is 0.512 e. The van der Waals surface area contributed by atoms with E-state index < -0.39 is 0 Å². The summed E-state index contributed by atoms with van der Waals surface area (Å²) in [6.07, 6.45) is 33.2. The zero-order valence-electron chi connectivity index (χ0n) is 27.5. The fourth-order valence-electron chi connectivity index (χ4n) is 5.86. The van der Waals surface area contributed by atoms with Crippen molar-refractivity contribution in [3.8, 4) is 0 Å². The number of allylic oxidation sites excluding steroid dienone is 20. The van der Waals surface area contributed by atoms with E-state index in [-0.39, 0.29) is 10.8 Å². The summed E-state index contributed by atoms with van der Waals surface area (Å²) in [5.41, 5.74) is 10.7. The van der Waals surface area contributed by atoms with Crippen molar-refractivity contribution < 1.29 is 5.11 Å². The van der Waals surface area contributed by atoms with Gasteiger partial charge in [-0.2, -0.15) is 0 Å². The van der Waals surface area contributed by atoms with E-state index in [1.165, 1.54) is 72.0 Å². The van der Waals surface area contributed by atoms with E-state index in [0.717, 1.165) is 11.1 Å². The minimum Gasteiger partial charge on any atom is -0.512 e. The Balaban J connectivity index is 1.89. The molecule has 0 aliphatic heterocycles. The standard InChI is InChI=1S/C40H56O/c1-30(16-11-17-31(2)24-26-36-33(4)21-14-28-39(36,7)8)19-13-23-38(41)35(6)20-12-18-32(3)25-27-37-34(5)22-15-29-40(37,9)10/h11-13,16-20,24-27,41H,1,14-15,21-23,28-29H2,2-10H3/b16-11+,19-13+,20-12+,26-24+,27-25-,31-17+,32-18+,38-35-. The minimum absolute atomic E-state index is 0.255. The molecule has 1 N–H and O–H groups in total. The van der Waals surface area contributed by atoms with Gasteiger partial charge in [-0.1, -0.05) is 129 Å². The van der Waals surface area contributed by atoms with Crippen LogP contribution in [0.1, 0.15) is 107 Å². The van der Waals surface area contributed by atoms with Crippen LogP contribution in [-0.4, -0.2) is 5.11 Å². The van der Waals surface area contributed by atoms with E-state index in [0.29, 0.717) is 12.2 Å². The molecule has 1 nitrogen and oxygen atoms in total. The number of aliphatic hydroxyl groups is 1. The van der Waals surface area contributed by atoms with Gasteiger partial charge < -0.3 is 5.11 Å². The fraction of sp³-hybridized carbons (Fsp3) is 0.450. The van der Waals surface area contributed by atoms with E-state index in [9.17, 15) is 5.11 Å². The van der Waals surface area contributed by atoms with Gasteiger partial charge in [0.1, 0.15) is 0 Å². The molecule has 2 rings (SSSR count). The van der Waals surface area contributed by atoms with Crippen LogP contribution >= 0.6 is 0 Å². The predicted octanol–water partition coefficient (Wildman–Crippen LogP) is 12.5. The van der Waals surface area contributed by atoms with Crippen molar-refractivity contribution in [1.82, 2.24) is 0 Å². The third-order valence-corrected chi connectivity index (χ3v) is 8.58. The van der Waals surface area contributed by atoms with Crippen LogP contribution in [-0.2, 0) is 0 Å². The van der Waals surface area contributed by atoms with Crippen LogP contribution in [0.2, 0.25) is 0 Å². The maximum Gasteiger partial charge on any atom is 0.0989 e. The first-order valence-electron chi connectivity index (χ1n) is 15.4. The van der Waals surface area contributed by atoms with Crippen molar-refractivity contribution >= 4 is 0 Å². The van der Waals surface area contributed by atoms with E-state index in [2.05, 4.69) is 98.4 Å². The second-order valence-electron chi connectivity index (χ2n) is 13.4. The van der Waals surface area contributed by atoms with Gasteiger partial charge in [0, 0.05) is 6.42 Å². The average molecular weight is 553 g/mol. The lowest BCUT2D eigenvalue weighted by molar-refractivity contribution is 0.376. The molecule has 0 bridgehead atoms. The maximum atomic E-state index is 10.5. The van der Waals surface area contributed by atoms with Crippen molar-refractivity contribution in [3.63, 3.8) is 0 Å². The Kier molecular flexibility index (Phi) is 13.2. The van der Waals surface area contributed by atoms with Crippen LogP contribution in [0.4, 0.5) is 0 Å². The zero-order chi connectivity index (χ0) is 30.6. The van der Waals surface area contributed by atoms with Gasteiger partial charge in [-0.25, -0.2) is 0 Å². The SMILES string of the molecule is C=C(/C=C/C=C(C)/C=C/C1=C(C)CCCC1(C)C)/C=C/C/C(O)=C(C)/C=C/C=C(C)/C=C\C1=C(C)CCCC1(C)C. The molecule has 222 valence electrons. The third kappa shape index (κ3) is 11.4. The number of hydrogen-bond donors (Lipinski definition) is 1. The molecular weight excluding hydrogens is 496 g/mol. The molecule has 0 amide bonds. The van der Waals surface area contributed by atoms with Crippen LogP contribution < -0.4 is 0 Å². The molecule has 2 aliphatic carbocycles. The Morgan fingerprint density at radius 3 is 1.66 bits per heavy atom. The highest BCUT2D eigenvalue weighted by Gasteiger charge is 2.27. The van der Waals surface area contributed by atoms with Gasteiger partial charge in [0.2, 0.25) is 0 Å². The van der Waals surface area contributed by atoms with Crippen molar-refractivity contribution in [2.45, 2.75) is 107 Å². The molecular formula is C40H56O. The van der Waals surface area contributed by atoms with Crippen LogP contribution in [0.5, 0.6) is 0 Å². The molecule has 1 heteroatoms. The first-order valence-corrected chi connectivity index (χ1v) is 15.4. The second kappa shape index (κ2) is 15.8. The lowest BCUT2D eigenvalue weighted by Crippen LogP contribution is -2.19. The zero-order valence-corrected chi connectivity index (χ0v) is 27.5. The molecule has 0 saturated carbocycles. The average Bonchev–Trinajstić information content (AvgIpc) is 2.87. The summed E-state index contributed by atoms with van der Waals surface area (Å²) < 4.78 is 0. The molecule has 0 saturated heterocycles. The highest BCUT2D eigenvalue weighted by molar-refractivity contribution is 5.39. The number of hydrogen-bond acceptors (Lipinski definition) is 1. The summed E-state index contributed by atoms with van der Waals surface area (Å²) in [5, 5.41) is 10.5. The Morgan fingerprint density at radius 1 is 0.732 bits per heavy atom. The first-order chi connectivity index (χ1) is 19.2. The van der Waals surface area contributed by atoms with Gasteiger partial charge in [0.05, 0.1) is 5.76 Å². The molecule has 2 aliphatic rings. The molecule has 0 unspecified atom stereocenters. The van der Waals surface area contributed by atoms with Crippen LogP contribution in [0.3, 0.4) is 0 Å². The Labute approximate surface area is 252 Å². The van der Waals surface area contributed by atoms with Crippen molar-refractivity contribution in [2.24, 2.45) is 10.8 Å². The van der Waals surface area contributed by atoms with Gasteiger partial charge in [0.25, 0.3) is 0 Å². The van der Waals surface area contributed by atoms with E-state index >= 15 is 0 Å². The molecule has 0 radical (unpaired) electrons. The van der Waals surface area contributed by atoms with Crippen molar-refractivity contribution in [1.29, 1.82) is 0 Å². The molecule has 0 aromatic rings. The van der Waals surface area contributed by atoms with Gasteiger partial charge in [-0.05, 0) is 106 Å².